The lowest BCUT2D eigenvalue weighted by molar-refractivity contribution is -0.349. The minimum Gasteiger partial charge on any atom is -0.394 e. The second-order valence-corrected chi connectivity index (χ2v) is 3.48. The lowest BCUT2D eigenvalue weighted by atomic mass is 9.93. The smallest absolute Gasteiger partial charge is 0.194 e. The normalized spacial score (nSPS) is 46.0. The van der Waals surface area contributed by atoms with Crippen molar-refractivity contribution in [3.63, 3.8) is 0 Å². The first-order valence-electron chi connectivity index (χ1n) is 4.34. The van der Waals surface area contributed by atoms with Gasteiger partial charge in [-0.25, -0.2) is 0 Å². The van der Waals surface area contributed by atoms with Gasteiger partial charge >= 0.3 is 0 Å². The zero-order valence-corrected chi connectivity index (χ0v) is 8.12. The summed E-state index contributed by atoms with van der Waals surface area (Å²) in [5.74, 6) is -1.41. The van der Waals surface area contributed by atoms with Crippen LogP contribution in [0.25, 0.3) is 0 Å². The molecule has 0 bridgehead atoms. The lowest BCUT2D eigenvalue weighted by Gasteiger charge is -2.45. The van der Waals surface area contributed by atoms with E-state index in [0.29, 0.717) is 0 Å². The molecule has 0 aliphatic carbocycles. The molecule has 4 N–H and O–H groups in total. The number of hydrogen-bond donors (Lipinski definition) is 4. The molecule has 0 aromatic rings. The van der Waals surface area contributed by atoms with Crippen LogP contribution >= 0.6 is 0 Å². The van der Waals surface area contributed by atoms with E-state index in [-0.39, 0.29) is 7.43 Å². The molecular formula is C9H20O6. The van der Waals surface area contributed by atoms with Crippen molar-refractivity contribution >= 4 is 0 Å². The van der Waals surface area contributed by atoms with Crippen molar-refractivity contribution in [3.05, 3.63) is 0 Å². The molecule has 1 aliphatic heterocycles. The molecule has 6 nitrogen and oxygen atoms in total. The SMILES string of the molecule is C.COC1(C)OC(CO)C(O)C(O)C1O. The Kier molecular flexibility index (Phi) is 5.12. The molecule has 15 heavy (non-hydrogen) atoms. The first kappa shape index (κ1) is 14.8. The predicted molar refractivity (Wildman–Crippen MR) is 52.1 cm³/mol. The van der Waals surface area contributed by atoms with E-state index in [1.807, 2.05) is 0 Å². The number of aliphatic hydroxyl groups excluding tert-OH is 4. The summed E-state index contributed by atoms with van der Waals surface area (Å²) in [7, 11) is 1.31. The topological polar surface area (TPSA) is 99.4 Å². The quantitative estimate of drug-likeness (QED) is 0.453. The monoisotopic (exact) mass is 224 g/mol. The highest BCUT2D eigenvalue weighted by Gasteiger charge is 2.50. The Balaban J connectivity index is 0.00000196. The van der Waals surface area contributed by atoms with Crippen molar-refractivity contribution in [2.45, 2.75) is 44.6 Å². The molecule has 1 heterocycles. The van der Waals surface area contributed by atoms with E-state index < -0.39 is 36.8 Å². The Morgan fingerprint density at radius 2 is 1.80 bits per heavy atom. The van der Waals surface area contributed by atoms with E-state index in [1.165, 1.54) is 14.0 Å². The van der Waals surface area contributed by atoms with Crippen molar-refractivity contribution in [1.82, 2.24) is 0 Å². The predicted octanol–water partition coefficient (Wildman–Crippen LogP) is -1.54. The molecule has 0 radical (unpaired) electrons. The van der Waals surface area contributed by atoms with Crippen LogP contribution in [0.15, 0.2) is 0 Å². The van der Waals surface area contributed by atoms with Gasteiger partial charge in [0.2, 0.25) is 0 Å². The number of ether oxygens (including phenoxy) is 2. The first-order chi connectivity index (χ1) is 6.46. The molecule has 1 saturated heterocycles. The summed E-state index contributed by atoms with van der Waals surface area (Å²) < 4.78 is 10.0. The van der Waals surface area contributed by atoms with Crippen LogP contribution in [0.2, 0.25) is 0 Å². The summed E-state index contributed by atoms with van der Waals surface area (Å²) in [6, 6.07) is 0. The van der Waals surface area contributed by atoms with Gasteiger partial charge in [0.15, 0.2) is 5.79 Å². The van der Waals surface area contributed by atoms with Crippen molar-refractivity contribution < 1.29 is 29.9 Å². The molecule has 1 fully saturated rings. The van der Waals surface area contributed by atoms with Gasteiger partial charge < -0.3 is 29.9 Å². The van der Waals surface area contributed by atoms with Gasteiger partial charge in [-0.3, -0.25) is 0 Å². The van der Waals surface area contributed by atoms with Crippen molar-refractivity contribution in [2.24, 2.45) is 0 Å². The Bertz CT molecular complexity index is 197. The summed E-state index contributed by atoms with van der Waals surface area (Å²) in [6.45, 7) is 0.972. The molecule has 0 spiro atoms. The summed E-state index contributed by atoms with van der Waals surface area (Å²) >= 11 is 0. The van der Waals surface area contributed by atoms with Crippen LogP contribution < -0.4 is 0 Å². The molecule has 1 aliphatic rings. The minimum atomic E-state index is -1.41. The van der Waals surface area contributed by atoms with Crippen molar-refractivity contribution in [2.75, 3.05) is 13.7 Å². The fourth-order valence-electron chi connectivity index (χ4n) is 1.47. The van der Waals surface area contributed by atoms with E-state index in [0.717, 1.165) is 0 Å². The maximum Gasteiger partial charge on any atom is 0.194 e. The number of hydrogen-bond acceptors (Lipinski definition) is 6. The van der Waals surface area contributed by atoms with Crippen LogP contribution in [0.1, 0.15) is 14.4 Å². The Morgan fingerprint density at radius 3 is 2.20 bits per heavy atom. The van der Waals surface area contributed by atoms with E-state index >= 15 is 0 Å². The molecular weight excluding hydrogens is 204 g/mol. The lowest BCUT2D eigenvalue weighted by Crippen LogP contribution is -2.64. The summed E-state index contributed by atoms with van der Waals surface area (Å²) in [5, 5.41) is 37.2. The number of aliphatic hydroxyl groups is 4. The van der Waals surface area contributed by atoms with Gasteiger partial charge in [-0.1, -0.05) is 7.43 Å². The highest BCUT2D eigenvalue weighted by atomic mass is 16.7. The van der Waals surface area contributed by atoms with Crippen LogP contribution in [0, 0.1) is 0 Å². The van der Waals surface area contributed by atoms with Gasteiger partial charge in [-0.05, 0) is 6.92 Å². The third kappa shape index (κ3) is 2.47. The third-order valence-corrected chi connectivity index (χ3v) is 2.56. The van der Waals surface area contributed by atoms with Crippen LogP contribution in [0.3, 0.4) is 0 Å². The molecule has 0 aromatic heterocycles. The van der Waals surface area contributed by atoms with Gasteiger partial charge in [0, 0.05) is 7.11 Å². The van der Waals surface area contributed by atoms with Crippen LogP contribution in [-0.4, -0.2) is 64.3 Å². The second-order valence-electron chi connectivity index (χ2n) is 3.48. The second kappa shape index (κ2) is 5.20. The molecule has 6 heteroatoms. The zero-order valence-electron chi connectivity index (χ0n) is 8.12. The van der Waals surface area contributed by atoms with Crippen molar-refractivity contribution in [3.8, 4) is 0 Å². The van der Waals surface area contributed by atoms with E-state index in [9.17, 15) is 15.3 Å². The van der Waals surface area contributed by atoms with E-state index in [2.05, 4.69) is 0 Å². The Morgan fingerprint density at radius 1 is 1.27 bits per heavy atom. The Labute approximate surface area is 89.1 Å². The Hall–Kier alpha value is -0.240. The summed E-state index contributed by atoms with van der Waals surface area (Å²) in [5.41, 5.74) is 0. The molecule has 1 rings (SSSR count). The summed E-state index contributed by atoms with van der Waals surface area (Å²) in [6.07, 6.45) is -5.03. The van der Waals surface area contributed by atoms with Gasteiger partial charge in [-0.15, -0.1) is 0 Å². The number of rotatable bonds is 2. The van der Waals surface area contributed by atoms with Crippen molar-refractivity contribution in [1.29, 1.82) is 0 Å². The largest absolute Gasteiger partial charge is 0.394 e. The average molecular weight is 224 g/mol. The van der Waals surface area contributed by atoms with Crippen LogP contribution in [-0.2, 0) is 9.47 Å². The van der Waals surface area contributed by atoms with Crippen LogP contribution in [0.5, 0.6) is 0 Å². The maximum atomic E-state index is 9.54. The standard InChI is InChI=1S/C8H16O6.CH4/c1-8(13-2)7(12)6(11)5(10)4(3-9)14-8;/h4-7,9-12H,3H2,1-2H3;1H4. The fourth-order valence-corrected chi connectivity index (χ4v) is 1.47. The minimum absolute atomic E-state index is 0. The zero-order chi connectivity index (χ0) is 10.9. The van der Waals surface area contributed by atoms with E-state index in [1.54, 1.807) is 0 Å². The van der Waals surface area contributed by atoms with Gasteiger partial charge in [0.05, 0.1) is 6.61 Å². The van der Waals surface area contributed by atoms with Gasteiger partial charge in [-0.2, -0.15) is 0 Å². The highest BCUT2D eigenvalue weighted by molar-refractivity contribution is 4.94. The molecule has 0 amide bonds. The first-order valence-corrected chi connectivity index (χ1v) is 4.34. The van der Waals surface area contributed by atoms with Gasteiger partial charge in [0.1, 0.15) is 24.4 Å². The number of methoxy groups -OCH3 is 1. The molecule has 0 saturated carbocycles. The van der Waals surface area contributed by atoms with E-state index in [4.69, 9.17) is 14.6 Å². The van der Waals surface area contributed by atoms with Crippen LogP contribution in [0.4, 0.5) is 0 Å². The maximum absolute atomic E-state index is 9.54. The molecule has 5 atom stereocenters. The third-order valence-electron chi connectivity index (χ3n) is 2.56. The molecule has 0 aromatic carbocycles. The molecule has 5 unspecified atom stereocenters. The summed E-state index contributed by atoms with van der Waals surface area (Å²) in [4.78, 5) is 0. The fraction of sp³-hybridized carbons (Fsp3) is 1.00. The average Bonchev–Trinajstić information content (AvgIpc) is 2.20. The highest BCUT2D eigenvalue weighted by Crippen LogP contribution is 2.29. The molecule has 92 valence electrons. The van der Waals surface area contributed by atoms with Gasteiger partial charge in [0.25, 0.3) is 0 Å².